The van der Waals surface area contributed by atoms with Crippen molar-refractivity contribution in [1.82, 2.24) is 9.88 Å². The molecule has 1 fully saturated rings. The number of carboxylic acid groups (broad SMARTS) is 1. The van der Waals surface area contributed by atoms with E-state index < -0.39 is 5.97 Å². The van der Waals surface area contributed by atoms with Gasteiger partial charge in [0, 0.05) is 41.2 Å². The van der Waals surface area contributed by atoms with Gasteiger partial charge in [0.15, 0.2) is 0 Å². The maximum atomic E-state index is 10.9. The van der Waals surface area contributed by atoms with Crippen LogP contribution in [0.1, 0.15) is 24.3 Å². The fourth-order valence-electron chi connectivity index (χ4n) is 2.15. The van der Waals surface area contributed by atoms with E-state index in [4.69, 9.17) is 5.11 Å². The normalized spacial score (nSPS) is 23.5. The Morgan fingerprint density at radius 1 is 1.76 bits per heavy atom. The molecule has 1 aliphatic heterocycles. The number of hydrogen-bond acceptors (Lipinski definition) is 5. The summed E-state index contributed by atoms with van der Waals surface area (Å²) in [7, 11) is 0. The topological polar surface area (TPSA) is 53.4 Å². The second kappa shape index (κ2) is 5.84. The van der Waals surface area contributed by atoms with Crippen molar-refractivity contribution in [3.8, 4) is 0 Å². The van der Waals surface area contributed by atoms with Crippen molar-refractivity contribution >= 4 is 29.1 Å². The number of thiazole rings is 1. The van der Waals surface area contributed by atoms with E-state index in [9.17, 15) is 4.79 Å². The summed E-state index contributed by atoms with van der Waals surface area (Å²) in [5.41, 5.74) is 1.83. The van der Waals surface area contributed by atoms with Gasteiger partial charge in [0.25, 0.3) is 0 Å². The van der Waals surface area contributed by atoms with Crippen LogP contribution in [0.3, 0.4) is 0 Å². The van der Waals surface area contributed by atoms with Crippen LogP contribution in [0.25, 0.3) is 0 Å². The summed E-state index contributed by atoms with van der Waals surface area (Å²) in [5.74, 6) is 1.29. The zero-order valence-corrected chi connectivity index (χ0v) is 11.3. The minimum atomic E-state index is -0.709. The average Bonchev–Trinajstić information content (AvgIpc) is 2.81. The molecule has 94 valence electrons. The highest BCUT2D eigenvalue weighted by Crippen LogP contribution is 2.30. The first-order chi connectivity index (χ1) is 8.18. The van der Waals surface area contributed by atoms with E-state index in [1.54, 1.807) is 11.3 Å². The molecule has 1 aromatic rings. The lowest BCUT2D eigenvalue weighted by atomic mass is 10.1. The second-order valence-electron chi connectivity index (χ2n) is 4.14. The largest absolute Gasteiger partial charge is 0.481 e. The summed E-state index contributed by atoms with van der Waals surface area (Å²) in [6.45, 7) is 3.10. The molecular formula is C11H16N2O2S2. The molecule has 1 aromatic heterocycles. The molecule has 0 bridgehead atoms. The molecule has 0 aromatic carbocycles. The molecule has 17 heavy (non-hydrogen) atoms. The molecule has 0 aliphatic carbocycles. The zero-order chi connectivity index (χ0) is 12.3. The predicted molar refractivity (Wildman–Crippen MR) is 70.6 cm³/mol. The van der Waals surface area contributed by atoms with Crippen LogP contribution in [0.2, 0.25) is 0 Å². The van der Waals surface area contributed by atoms with Crippen LogP contribution in [-0.4, -0.2) is 45.1 Å². The Hall–Kier alpha value is -0.590. The summed E-state index contributed by atoms with van der Waals surface area (Å²) in [6.07, 6.45) is 2.12. The lowest BCUT2D eigenvalue weighted by Crippen LogP contribution is -2.44. The Morgan fingerprint density at radius 2 is 2.59 bits per heavy atom. The van der Waals surface area contributed by atoms with Crippen LogP contribution in [0, 0.1) is 0 Å². The predicted octanol–water partition coefficient (Wildman–Crippen LogP) is 2.10. The number of aliphatic carboxylic acids is 1. The van der Waals surface area contributed by atoms with E-state index in [1.165, 1.54) is 4.88 Å². The highest BCUT2D eigenvalue weighted by atomic mass is 32.2. The zero-order valence-electron chi connectivity index (χ0n) is 9.70. The number of aromatic nitrogens is 1. The van der Waals surface area contributed by atoms with Gasteiger partial charge in [-0.25, -0.2) is 0 Å². The van der Waals surface area contributed by atoms with Gasteiger partial charge in [-0.3, -0.25) is 14.7 Å². The molecule has 2 atom stereocenters. The van der Waals surface area contributed by atoms with Crippen LogP contribution in [0.15, 0.2) is 11.7 Å². The molecule has 1 N–H and O–H groups in total. The Bertz CT molecular complexity index is 370. The van der Waals surface area contributed by atoms with Crippen molar-refractivity contribution in [2.75, 3.05) is 18.1 Å². The van der Waals surface area contributed by atoms with Crippen molar-refractivity contribution in [3.05, 3.63) is 16.6 Å². The first-order valence-electron chi connectivity index (χ1n) is 5.62. The lowest BCUT2D eigenvalue weighted by Gasteiger charge is -2.38. The first kappa shape index (κ1) is 12.9. The molecule has 2 unspecified atom stereocenters. The molecule has 4 nitrogen and oxygen atoms in total. The van der Waals surface area contributed by atoms with Crippen molar-refractivity contribution < 1.29 is 9.90 Å². The third kappa shape index (κ3) is 3.20. The monoisotopic (exact) mass is 272 g/mol. The quantitative estimate of drug-likeness (QED) is 0.909. The van der Waals surface area contributed by atoms with Crippen molar-refractivity contribution in [3.63, 3.8) is 0 Å². The minimum absolute atomic E-state index is 0.142. The van der Waals surface area contributed by atoms with Gasteiger partial charge in [0.1, 0.15) is 0 Å². The fraction of sp³-hybridized carbons (Fsp3) is 0.636. The fourth-order valence-corrected chi connectivity index (χ4v) is 3.94. The maximum Gasteiger partial charge on any atom is 0.304 e. The average molecular weight is 272 g/mol. The van der Waals surface area contributed by atoms with Gasteiger partial charge in [-0.1, -0.05) is 0 Å². The third-order valence-corrected chi connectivity index (χ3v) is 5.08. The summed E-state index contributed by atoms with van der Waals surface area (Å²) in [4.78, 5) is 18.5. The summed E-state index contributed by atoms with van der Waals surface area (Å²) in [5, 5.41) is 8.95. The molecular weight excluding hydrogens is 256 g/mol. The van der Waals surface area contributed by atoms with Crippen molar-refractivity contribution in [1.29, 1.82) is 0 Å². The van der Waals surface area contributed by atoms with E-state index in [0.717, 1.165) is 18.1 Å². The number of hydrogen-bond donors (Lipinski definition) is 1. The molecule has 2 heterocycles. The van der Waals surface area contributed by atoms with Gasteiger partial charge < -0.3 is 5.11 Å². The molecule has 0 spiro atoms. The number of nitrogens with zero attached hydrogens (tertiary/aromatic N) is 2. The number of carboxylic acids is 1. The van der Waals surface area contributed by atoms with Crippen molar-refractivity contribution in [2.45, 2.75) is 25.4 Å². The summed E-state index contributed by atoms with van der Waals surface area (Å²) >= 11 is 3.48. The van der Waals surface area contributed by atoms with Crippen LogP contribution < -0.4 is 0 Å². The number of rotatable bonds is 4. The second-order valence-corrected chi connectivity index (χ2v) is 6.21. The Labute approximate surface area is 109 Å². The molecule has 2 rings (SSSR count). The summed E-state index contributed by atoms with van der Waals surface area (Å²) in [6, 6.07) is 0.413. The minimum Gasteiger partial charge on any atom is -0.481 e. The molecule has 6 heteroatoms. The van der Waals surface area contributed by atoms with Crippen LogP contribution in [0.4, 0.5) is 0 Å². The SMILES string of the molecule is CC(c1cncs1)N1CCSCC1CC(=O)O. The van der Waals surface area contributed by atoms with Crippen LogP contribution in [0.5, 0.6) is 0 Å². The molecule has 0 amide bonds. The highest BCUT2D eigenvalue weighted by Gasteiger charge is 2.29. The summed E-state index contributed by atoms with van der Waals surface area (Å²) < 4.78 is 0. The molecule has 0 saturated carbocycles. The van der Waals surface area contributed by atoms with E-state index >= 15 is 0 Å². The molecule has 1 saturated heterocycles. The highest BCUT2D eigenvalue weighted by molar-refractivity contribution is 7.99. The van der Waals surface area contributed by atoms with Crippen LogP contribution >= 0.6 is 23.1 Å². The smallest absolute Gasteiger partial charge is 0.304 e. The molecule has 0 radical (unpaired) electrons. The maximum absolute atomic E-state index is 10.9. The van der Waals surface area contributed by atoms with Crippen LogP contribution in [-0.2, 0) is 4.79 Å². The van der Waals surface area contributed by atoms with E-state index in [2.05, 4.69) is 16.8 Å². The van der Waals surface area contributed by atoms with Gasteiger partial charge in [-0.2, -0.15) is 11.8 Å². The molecule has 1 aliphatic rings. The van der Waals surface area contributed by atoms with E-state index in [0.29, 0.717) is 0 Å². The first-order valence-corrected chi connectivity index (χ1v) is 7.65. The Morgan fingerprint density at radius 3 is 3.24 bits per heavy atom. The van der Waals surface area contributed by atoms with Gasteiger partial charge in [0.2, 0.25) is 0 Å². The Balaban J connectivity index is 2.07. The number of carbonyl (C=O) groups is 1. The number of thioether (sulfide) groups is 1. The van der Waals surface area contributed by atoms with Crippen molar-refractivity contribution in [2.24, 2.45) is 0 Å². The van der Waals surface area contributed by atoms with Gasteiger partial charge >= 0.3 is 5.97 Å². The Kier molecular flexibility index (Phi) is 4.42. The lowest BCUT2D eigenvalue weighted by molar-refractivity contribution is -0.138. The van der Waals surface area contributed by atoms with E-state index in [-0.39, 0.29) is 18.5 Å². The third-order valence-electron chi connectivity index (χ3n) is 3.04. The van der Waals surface area contributed by atoms with E-state index in [1.807, 2.05) is 23.5 Å². The van der Waals surface area contributed by atoms with Gasteiger partial charge in [0.05, 0.1) is 11.9 Å². The standard InChI is InChI=1S/C11H16N2O2S2/c1-8(10-5-12-7-17-10)13-2-3-16-6-9(13)4-11(14)15/h5,7-9H,2-4,6H2,1H3,(H,14,15). The van der Waals surface area contributed by atoms with Gasteiger partial charge in [-0.15, -0.1) is 11.3 Å². The van der Waals surface area contributed by atoms with Gasteiger partial charge in [-0.05, 0) is 6.92 Å².